The molecule has 4 aliphatic rings. The molecule has 2 heterocycles. The molecule has 4 nitrogen and oxygen atoms in total. The molecule has 0 saturated carbocycles. The SMILES string of the molecule is CCCCCCCCCCCCCCCCCCC(C(=O)n1c2c(c3ccccc31)CCCC2)C(=O)[N+]1=C2C=CC=CC2C2=C1CCCC2. The molecule has 6 rings (SSSR count). The molecule has 4 heteroatoms. The third-order valence-corrected chi connectivity index (χ3v) is 11.9. The van der Waals surface area contributed by atoms with Crippen molar-refractivity contribution in [3.8, 4) is 0 Å². The number of carbonyl (C=O) groups excluding carboxylic acids is 2. The van der Waals surface area contributed by atoms with E-state index in [0.29, 0.717) is 6.42 Å². The number of rotatable bonds is 19. The Bertz CT molecular complexity index is 1570. The first-order chi connectivity index (χ1) is 24.2. The van der Waals surface area contributed by atoms with Crippen molar-refractivity contribution >= 4 is 28.4 Å². The summed E-state index contributed by atoms with van der Waals surface area (Å²) in [7, 11) is 0. The van der Waals surface area contributed by atoms with E-state index in [1.807, 2.05) is 15.2 Å². The third-order valence-electron chi connectivity index (χ3n) is 11.9. The Morgan fingerprint density at radius 2 is 1.35 bits per heavy atom. The molecule has 0 N–H and O–H groups in total. The van der Waals surface area contributed by atoms with Crippen molar-refractivity contribution in [3.05, 3.63) is 71.1 Å². The van der Waals surface area contributed by atoms with Gasteiger partial charge in [-0.05, 0) is 63.0 Å². The van der Waals surface area contributed by atoms with Crippen LogP contribution in [0.5, 0.6) is 0 Å². The maximum atomic E-state index is 14.9. The van der Waals surface area contributed by atoms with Gasteiger partial charge in [0, 0.05) is 29.2 Å². The Kier molecular flexibility index (Phi) is 13.4. The molecule has 0 saturated heterocycles. The molecule has 264 valence electrons. The average Bonchev–Trinajstić information content (AvgIpc) is 3.66. The van der Waals surface area contributed by atoms with Crippen LogP contribution in [-0.4, -0.2) is 26.7 Å². The van der Waals surface area contributed by atoms with E-state index in [0.717, 1.165) is 68.3 Å². The molecule has 0 radical (unpaired) electrons. The van der Waals surface area contributed by atoms with Crippen LogP contribution in [0.15, 0.2) is 59.8 Å². The van der Waals surface area contributed by atoms with Crippen LogP contribution in [0, 0.1) is 11.8 Å². The predicted octanol–water partition coefficient (Wildman–Crippen LogP) is 12.0. The Hall–Kier alpha value is -3.01. The summed E-state index contributed by atoms with van der Waals surface area (Å²) >= 11 is 0. The summed E-state index contributed by atoms with van der Waals surface area (Å²) in [5.74, 6) is -0.451. The van der Waals surface area contributed by atoms with Crippen LogP contribution in [-0.2, 0) is 17.6 Å². The smallest absolute Gasteiger partial charge is 0.283 e. The molecular weight excluding hydrogens is 601 g/mol. The Morgan fingerprint density at radius 3 is 2.06 bits per heavy atom. The minimum Gasteiger partial charge on any atom is -0.283 e. The van der Waals surface area contributed by atoms with Crippen molar-refractivity contribution in [3.63, 3.8) is 0 Å². The van der Waals surface area contributed by atoms with E-state index in [9.17, 15) is 9.59 Å². The lowest BCUT2D eigenvalue weighted by atomic mass is 9.85. The highest BCUT2D eigenvalue weighted by Crippen LogP contribution is 2.40. The lowest BCUT2D eigenvalue weighted by molar-refractivity contribution is -0.404. The van der Waals surface area contributed by atoms with Crippen LogP contribution in [0.25, 0.3) is 10.9 Å². The maximum Gasteiger partial charge on any atom is 0.405 e. The lowest BCUT2D eigenvalue weighted by Crippen LogP contribution is -2.38. The molecule has 49 heavy (non-hydrogen) atoms. The molecule has 3 aliphatic carbocycles. The summed E-state index contributed by atoms with van der Waals surface area (Å²) in [6, 6.07) is 8.41. The first-order valence-corrected chi connectivity index (χ1v) is 20.6. The van der Waals surface area contributed by atoms with Crippen LogP contribution < -0.4 is 0 Å². The summed E-state index contributed by atoms with van der Waals surface area (Å²) in [5, 5.41) is 1.20. The zero-order valence-electron chi connectivity index (χ0n) is 30.7. The van der Waals surface area contributed by atoms with Gasteiger partial charge in [0.25, 0.3) is 0 Å². The first kappa shape index (κ1) is 35.8. The quantitative estimate of drug-likeness (QED) is 0.0853. The fourth-order valence-electron chi connectivity index (χ4n) is 9.27. The Labute approximate surface area is 296 Å². The Balaban J connectivity index is 1.08. The van der Waals surface area contributed by atoms with E-state index in [2.05, 4.69) is 49.4 Å². The van der Waals surface area contributed by atoms with Crippen LogP contribution in [0.3, 0.4) is 0 Å². The van der Waals surface area contributed by atoms with Gasteiger partial charge in [-0.15, -0.1) is 4.58 Å². The maximum absolute atomic E-state index is 14.9. The van der Waals surface area contributed by atoms with Gasteiger partial charge in [-0.25, -0.2) is 4.79 Å². The largest absolute Gasteiger partial charge is 0.405 e. The van der Waals surface area contributed by atoms with Gasteiger partial charge in [-0.1, -0.05) is 146 Å². The number of para-hydroxylation sites is 1. The highest BCUT2D eigenvalue weighted by molar-refractivity contribution is 6.08. The minimum atomic E-state index is -0.658. The van der Waals surface area contributed by atoms with Crippen molar-refractivity contribution in [2.45, 2.75) is 167 Å². The number of unbranched alkanes of at least 4 members (excludes halogenated alkanes) is 15. The van der Waals surface area contributed by atoms with Crippen molar-refractivity contribution in [2.24, 2.45) is 11.8 Å². The number of nitrogens with zero attached hydrogens (tertiary/aromatic N) is 2. The Morgan fingerprint density at radius 1 is 0.735 bits per heavy atom. The highest BCUT2D eigenvalue weighted by Gasteiger charge is 2.48. The number of aryl methyl sites for hydroxylation is 1. The standard InChI is InChI=1S/C45H63N2O2/c1-2-3-4-5-6-7-8-9-10-11-12-13-14-15-16-17-30-39(44(48)46-40-31-22-18-26-35(40)36-27-19-23-32-41(36)46)45(49)47-42-33-24-20-28-37(42)38-29-21-25-34-43(38)47/h18,20,22,24,26,28,31,33,35,39H,2-17,19,21,23,25,27,29-30,32,34H2,1H3/q+1. The summed E-state index contributed by atoms with van der Waals surface area (Å²) in [6.45, 7) is 2.29. The second-order valence-electron chi connectivity index (χ2n) is 15.5. The van der Waals surface area contributed by atoms with Crippen LogP contribution in [0.2, 0.25) is 0 Å². The fourth-order valence-corrected chi connectivity index (χ4v) is 9.27. The molecule has 1 amide bonds. The summed E-state index contributed by atoms with van der Waals surface area (Å²) in [6.07, 6.45) is 38.8. The molecule has 2 unspecified atom stereocenters. The van der Waals surface area contributed by atoms with E-state index >= 15 is 0 Å². The first-order valence-electron chi connectivity index (χ1n) is 20.6. The number of hydrogen-bond acceptors (Lipinski definition) is 2. The number of amides is 1. The van der Waals surface area contributed by atoms with Crippen molar-refractivity contribution < 1.29 is 14.2 Å². The van der Waals surface area contributed by atoms with Gasteiger partial charge in [0.2, 0.25) is 11.6 Å². The molecule has 1 aromatic heterocycles. The third kappa shape index (κ3) is 8.49. The molecule has 0 spiro atoms. The van der Waals surface area contributed by atoms with E-state index in [1.165, 1.54) is 125 Å². The number of aromatic nitrogens is 1. The van der Waals surface area contributed by atoms with E-state index in [-0.39, 0.29) is 17.7 Å². The zero-order chi connectivity index (χ0) is 33.8. The van der Waals surface area contributed by atoms with Gasteiger partial charge < -0.3 is 0 Å². The fraction of sp³-hybridized carbons (Fsp3) is 0.622. The zero-order valence-corrected chi connectivity index (χ0v) is 30.7. The van der Waals surface area contributed by atoms with Crippen molar-refractivity contribution in [1.82, 2.24) is 4.57 Å². The van der Waals surface area contributed by atoms with E-state index in [1.54, 1.807) is 0 Å². The van der Waals surface area contributed by atoms with Crippen molar-refractivity contribution in [2.75, 3.05) is 0 Å². The van der Waals surface area contributed by atoms with Gasteiger partial charge >= 0.3 is 5.91 Å². The predicted molar refractivity (Wildman–Crippen MR) is 204 cm³/mol. The number of carbonyl (C=O) groups is 2. The van der Waals surface area contributed by atoms with Gasteiger partial charge in [0.15, 0.2) is 11.6 Å². The van der Waals surface area contributed by atoms with Gasteiger partial charge in [0.1, 0.15) is 0 Å². The highest BCUT2D eigenvalue weighted by atomic mass is 16.2. The number of allylic oxidation sites excluding steroid dienone is 6. The van der Waals surface area contributed by atoms with Gasteiger partial charge in [0.05, 0.1) is 11.4 Å². The molecule has 0 bridgehead atoms. The second-order valence-corrected chi connectivity index (χ2v) is 15.5. The normalized spacial score (nSPS) is 19.0. The van der Waals surface area contributed by atoms with E-state index < -0.39 is 5.92 Å². The van der Waals surface area contributed by atoms with Crippen LogP contribution >= 0.6 is 0 Å². The van der Waals surface area contributed by atoms with Crippen LogP contribution in [0.4, 0.5) is 0 Å². The number of benzene rings is 1. The topological polar surface area (TPSA) is 42.1 Å². The average molecular weight is 664 g/mol. The van der Waals surface area contributed by atoms with E-state index in [4.69, 9.17) is 0 Å². The van der Waals surface area contributed by atoms with Gasteiger partial charge in [-0.2, -0.15) is 0 Å². The molecular formula is C45H63N2O2+. The molecule has 2 atom stereocenters. The molecule has 1 aromatic carbocycles. The number of fused-ring (bicyclic) bond motifs is 5. The molecule has 0 fully saturated rings. The minimum absolute atomic E-state index is 0.00245. The van der Waals surface area contributed by atoms with Crippen LogP contribution in [0.1, 0.15) is 171 Å². The monoisotopic (exact) mass is 663 g/mol. The summed E-state index contributed by atoms with van der Waals surface area (Å²) in [4.78, 5) is 29.7. The molecule has 1 aliphatic heterocycles. The lowest BCUT2D eigenvalue weighted by Gasteiger charge is -2.19. The molecule has 2 aromatic rings. The number of hydrogen-bond donors (Lipinski definition) is 0. The second kappa shape index (κ2) is 18.3. The van der Waals surface area contributed by atoms with Crippen molar-refractivity contribution in [1.29, 1.82) is 0 Å². The summed E-state index contributed by atoms with van der Waals surface area (Å²) in [5.41, 5.74) is 7.16. The summed E-state index contributed by atoms with van der Waals surface area (Å²) < 4.78 is 4.01. The van der Waals surface area contributed by atoms with Gasteiger partial charge in [-0.3, -0.25) is 9.36 Å².